The minimum absolute atomic E-state index is 0.328. The van der Waals surface area contributed by atoms with Crippen LogP contribution in [0.4, 0.5) is 0 Å². The molecule has 1 heterocycles. The highest BCUT2D eigenvalue weighted by atomic mass is 32.2. The molecular formula is C12H21N3O2S. The third-order valence-corrected chi connectivity index (χ3v) is 4.67. The van der Waals surface area contributed by atoms with Crippen LogP contribution in [0, 0.1) is 0 Å². The zero-order valence-electron chi connectivity index (χ0n) is 11.2. The molecule has 1 aromatic heterocycles. The zero-order valence-corrected chi connectivity index (χ0v) is 12.0. The Kier molecular flexibility index (Phi) is 5.13. The number of nitrogens with zero attached hydrogens (tertiary/aromatic N) is 2. The summed E-state index contributed by atoms with van der Waals surface area (Å²) in [5.74, 6) is 0. The average molecular weight is 271 g/mol. The Hall–Kier alpha value is -1.11. The van der Waals surface area contributed by atoms with Crippen LogP contribution in [0.25, 0.3) is 0 Å². The first-order valence-electron chi connectivity index (χ1n) is 5.88. The average Bonchev–Trinajstić information content (AvgIpc) is 2.69. The molecule has 0 atom stereocenters. The van der Waals surface area contributed by atoms with E-state index in [2.05, 4.69) is 11.9 Å². The Bertz CT molecular complexity index is 505. The van der Waals surface area contributed by atoms with Gasteiger partial charge in [0.2, 0.25) is 10.0 Å². The van der Waals surface area contributed by atoms with Crippen molar-refractivity contribution < 1.29 is 8.42 Å². The van der Waals surface area contributed by atoms with Crippen molar-refractivity contribution in [3.63, 3.8) is 0 Å². The van der Waals surface area contributed by atoms with Crippen LogP contribution in [0.1, 0.15) is 12.6 Å². The molecule has 0 radical (unpaired) electrons. The van der Waals surface area contributed by atoms with Crippen molar-refractivity contribution in [1.29, 1.82) is 0 Å². The smallest absolute Gasteiger partial charge is 0.244 e. The molecule has 0 saturated heterocycles. The number of sulfonamides is 1. The van der Waals surface area contributed by atoms with Gasteiger partial charge in [-0.15, -0.1) is 6.58 Å². The second-order valence-corrected chi connectivity index (χ2v) is 5.99. The van der Waals surface area contributed by atoms with E-state index in [1.54, 1.807) is 18.3 Å². The fourth-order valence-corrected chi connectivity index (χ4v) is 3.28. The summed E-state index contributed by atoms with van der Waals surface area (Å²) < 4.78 is 28.0. The minimum atomic E-state index is -3.42. The van der Waals surface area contributed by atoms with Crippen molar-refractivity contribution in [2.45, 2.75) is 18.4 Å². The fourth-order valence-electron chi connectivity index (χ4n) is 1.77. The maximum absolute atomic E-state index is 12.4. The summed E-state index contributed by atoms with van der Waals surface area (Å²) in [6.45, 7) is 6.81. The summed E-state index contributed by atoms with van der Waals surface area (Å²) in [6, 6.07) is 1.71. The molecular weight excluding hydrogens is 250 g/mol. The number of likely N-dealkylation sites (N-methyl/N-ethyl adjacent to an activating group) is 1. The fraction of sp³-hybridized carbons (Fsp3) is 0.500. The molecule has 0 spiro atoms. The van der Waals surface area contributed by atoms with E-state index in [9.17, 15) is 8.42 Å². The quantitative estimate of drug-likeness (QED) is 0.751. The molecule has 6 heteroatoms. The molecule has 0 saturated carbocycles. The maximum atomic E-state index is 12.4. The Balaban J connectivity index is 3.11. The van der Waals surface area contributed by atoms with E-state index in [1.807, 2.05) is 25.6 Å². The molecule has 5 nitrogen and oxygen atoms in total. The van der Waals surface area contributed by atoms with E-state index in [1.165, 1.54) is 4.31 Å². The zero-order chi connectivity index (χ0) is 13.8. The van der Waals surface area contributed by atoms with Crippen LogP contribution in [-0.4, -0.2) is 37.4 Å². The van der Waals surface area contributed by atoms with Crippen molar-refractivity contribution >= 4 is 10.0 Å². The van der Waals surface area contributed by atoms with E-state index in [-0.39, 0.29) is 0 Å². The van der Waals surface area contributed by atoms with Crippen LogP contribution >= 0.6 is 0 Å². The topological polar surface area (TPSA) is 54.3 Å². The monoisotopic (exact) mass is 271 g/mol. The van der Waals surface area contributed by atoms with Crippen LogP contribution in [0.15, 0.2) is 29.8 Å². The second kappa shape index (κ2) is 6.17. The summed E-state index contributed by atoms with van der Waals surface area (Å²) in [6.07, 6.45) is 3.24. The summed E-state index contributed by atoms with van der Waals surface area (Å²) >= 11 is 0. The van der Waals surface area contributed by atoms with Gasteiger partial charge in [0.05, 0.1) is 0 Å². The Morgan fingerprint density at radius 1 is 1.56 bits per heavy atom. The van der Waals surface area contributed by atoms with Crippen molar-refractivity contribution in [1.82, 2.24) is 14.2 Å². The third kappa shape index (κ3) is 3.01. The standard InChI is InChI=1S/C12H21N3O2S/c1-5-7-15(6-2)18(16,17)12-8-11(9-13-3)14(4)10-12/h5,8,10,13H,1,6-7,9H2,2-4H3. The number of aryl methyl sites for hydroxylation is 1. The van der Waals surface area contributed by atoms with E-state index in [0.717, 1.165) is 5.69 Å². The van der Waals surface area contributed by atoms with Crippen LogP contribution in [-0.2, 0) is 23.6 Å². The molecule has 1 rings (SSSR count). The first-order chi connectivity index (χ1) is 8.47. The van der Waals surface area contributed by atoms with Crippen LogP contribution < -0.4 is 5.32 Å². The number of nitrogens with one attached hydrogen (secondary N) is 1. The molecule has 0 amide bonds. The molecule has 0 unspecified atom stereocenters. The van der Waals surface area contributed by atoms with E-state index < -0.39 is 10.0 Å². The van der Waals surface area contributed by atoms with Gasteiger partial charge < -0.3 is 9.88 Å². The molecule has 0 bridgehead atoms. The number of hydrogen-bond acceptors (Lipinski definition) is 3. The first kappa shape index (κ1) is 14.9. The molecule has 102 valence electrons. The van der Waals surface area contributed by atoms with Gasteiger partial charge >= 0.3 is 0 Å². The molecule has 1 aromatic rings. The normalized spacial score (nSPS) is 12.0. The lowest BCUT2D eigenvalue weighted by Crippen LogP contribution is -2.30. The van der Waals surface area contributed by atoms with Gasteiger partial charge in [-0.1, -0.05) is 13.0 Å². The lowest BCUT2D eigenvalue weighted by Gasteiger charge is -2.17. The van der Waals surface area contributed by atoms with E-state index in [0.29, 0.717) is 24.5 Å². The summed E-state index contributed by atoms with van der Waals surface area (Å²) in [4.78, 5) is 0.332. The van der Waals surface area contributed by atoms with E-state index in [4.69, 9.17) is 0 Å². The van der Waals surface area contributed by atoms with Gasteiger partial charge in [0.15, 0.2) is 0 Å². The van der Waals surface area contributed by atoms with Crippen LogP contribution in [0.2, 0.25) is 0 Å². The highest BCUT2D eigenvalue weighted by Gasteiger charge is 2.23. The molecule has 0 aliphatic heterocycles. The predicted octanol–water partition coefficient (Wildman–Crippen LogP) is 0.941. The van der Waals surface area contributed by atoms with Gasteiger partial charge in [-0.3, -0.25) is 0 Å². The van der Waals surface area contributed by atoms with Gasteiger partial charge in [0.25, 0.3) is 0 Å². The van der Waals surface area contributed by atoms with Crippen LogP contribution in [0.5, 0.6) is 0 Å². The number of hydrogen-bond donors (Lipinski definition) is 1. The van der Waals surface area contributed by atoms with Crippen LogP contribution in [0.3, 0.4) is 0 Å². The summed E-state index contributed by atoms with van der Waals surface area (Å²) in [5, 5.41) is 3.01. The molecule has 18 heavy (non-hydrogen) atoms. The lowest BCUT2D eigenvalue weighted by molar-refractivity contribution is 0.460. The van der Waals surface area contributed by atoms with Crippen molar-refractivity contribution in [2.75, 3.05) is 20.1 Å². The predicted molar refractivity (Wildman–Crippen MR) is 72.8 cm³/mol. The summed E-state index contributed by atoms with van der Waals surface area (Å²) in [5.41, 5.74) is 0.936. The minimum Gasteiger partial charge on any atom is -0.352 e. The molecule has 0 aliphatic rings. The lowest BCUT2D eigenvalue weighted by atomic mass is 10.4. The Morgan fingerprint density at radius 3 is 2.72 bits per heavy atom. The molecule has 0 aliphatic carbocycles. The van der Waals surface area contributed by atoms with Crippen molar-refractivity contribution in [3.05, 3.63) is 30.6 Å². The highest BCUT2D eigenvalue weighted by Crippen LogP contribution is 2.18. The Morgan fingerprint density at radius 2 is 2.22 bits per heavy atom. The van der Waals surface area contributed by atoms with Crippen molar-refractivity contribution in [3.8, 4) is 0 Å². The highest BCUT2D eigenvalue weighted by molar-refractivity contribution is 7.89. The van der Waals surface area contributed by atoms with Crippen molar-refractivity contribution in [2.24, 2.45) is 7.05 Å². The Labute approximate surface area is 109 Å². The van der Waals surface area contributed by atoms with E-state index >= 15 is 0 Å². The summed E-state index contributed by atoms with van der Waals surface area (Å²) in [7, 11) is 0.254. The van der Waals surface area contributed by atoms with Gasteiger partial charge in [-0.2, -0.15) is 4.31 Å². The SMILES string of the molecule is C=CCN(CC)S(=O)(=O)c1cc(CNC)n(C)c1. The van der Waals surface area contributed by atoms with Gasteiger partial charge in [-0.25, -0.2) is 8.42 Å². The first-order valence-corrected chi connectivity index (χ1v) is 7.32. The van der Waals surface area contributed by atoms with Gasteiger partial charge in [-0.05, 0) is 13.1 Å². The van der Waals surface area contributed by atoms with Gasteiger partial charge in [0.1, 0.15) is 4.90 Å². The largest absolute Gasteiger partial charge is 0.352 e. The third-order valence-electron chi connectivity index (χ3n) is 2.76. The maximum Gasteiger partial charge on any atom is 0.244 e. The molecule has 1 N–H and O–H groups in total. The second-order valence-electron chi connectivity index (χ2n) is 4.05. The number of aromatic nitrogens is 1. The number of rotatable bonds is 7. The van der Waals surface area contributed by atoms with Gasteiger partial charge in [0, 0.05) is 38.6 Å². The molecule has 0 fully saturated rings. The molecule has 0 aromatic carbocycles.